The number of nitrogens with one attached hydrogen (secondary N) is 3. The van der Waals surface area contributed by atoms with Crippen molar-refractivity contribution in [3.8, 4) is 16.5 Å². The summed E-state index contributed by atoms with van der Waals surface area (Å²) in [5.74, 6) is -2.83. The Labute approximate surface area is 298 Å². The monoisotopic (exact) mass is 740 g/mol. The molecule has 17 heteroatoms. The van der Waals surface area contributed by atoms with Gasteiger partial charge in [-0.25, -0.2) is 23.2 Å². The van der Waals surface area contributed by atoms with E-state index in [2.05, 4.69) is 21.9 Å². The lowest BCUT2D eigenvalue weighted by molar-refractivity contribution is -0.141. The van der Waals surface area contributed by atoms with E-state index in [0.717, 1.165) is 9.78 Å². The Morgan fingerprint density at radius 1 is 1.14 bits per heavy atom. The number of rotatable bonds is 12. The largest absolute Gasteiger partial charge is 0.471 e. The lowest BCUT2D eigenvalue weighted by Crippen LogP contribution is -2.59. The SMILES string of the molecule is C=C[C@@H]1C[C@]1(NC(=O)[C@@H]1C[C@@H](Oc2nc3ccccc3nc2-c2cccs2)CN1C(=O)[C@H](CO)NC(=O)OC(C)(C)C)C(=O)NS(=O)(=O)C1CC1. The highest BCUT2D eigenvalue weighted by Crippen LogP contribution is 2.45. The van der Waals surface area contributed by atoms with Gasteiger partial charge in [0.15, 0.2) is 0 Å². The van der Waals surface area contributed by atoms with Crippen LogP contribution in [0.3, 0.4) is 0 Å². The topological polar surface area (TPSA) is 206 Å². The number of amides is 4. The van der Waals surface area contributed by atoms with Crippen LogP contribution in [0.4, 0.5) is 4.79 Å². The number of alkyl carbamates (subject to hydrolysis) is 1. The molecule has 3 fully saturated rings. The summed E-state index contributed by atoms with van der Waals surface area (Å²) in [6.45, 7) is 7.68. The van der Waals surface area contributed by atoms with Gasteiger partial charge in [0, 0.05) is 12.3 Å². The van der Waals surface area contributed by atoms with Crippen LogP contribution in [0.2, 0.25) is 0 Å². The first-order valence-corrected chi connectivity index (χ1v) is 19.0. The summed E-state index contributed by atoms with van der Waals surface area (Å²) in [6, 6.07) is 8.23. The molecule has 0 spiro atoms. The van der Waals surface area contributed by atoms with Gasteiger partial charge in [0.25, 0.3) is 5.91 Å². The first kappa shape index (κ1) is 36.2. The van der Waals surface area contributed by atoms with Crippen LogP contribution >= 0.6 is 11.3 Å². The van der Waals surface area contributed by atoms with Gasteiger partial charge >= 0.3 is 6.09 Å². The molecule has 4 N–H and O–H groups in total. The minimum Gasteiger partial charge on any atom is -0.471 e. The molecule has 272 valence electrons. The fraction of sp³-hybridized carbons (Fsp3) is 0.471. The van der Waals surface area contributed by atoms with Gasteiger partial charge < -0.3 is 30.1 Å². The van der Waals surface area contributed by atoms with E-state index in [-0.39, 0.29) is 25.3 Å². The third kappa shape index (κ3) is 7.84. The van der Waals surface area contributed by atoms with Crippen molar-refractivity contribution in [2.45, 2.75) is 81.0 Å². The maximum Gasteiger partial charge on any atom is 0.408 e. The van der Waals surface area contributed by atoms with Crippen LogP contribution in [0.15, 0.2) is 54.4 Å². The van der Waals surface area contributed by atoms with Gasteiger partial charge in [0.05, 0.1) is 34.3 Å². The summed E-state index contributed by atoms with van der Waals surface area (Å²) in [5, 5.41) is 16.5. The highest BCUT2D eigenvalue weighted by atomic mass is 32.2. The number of hydrogen-bond acceptors (Lipinski definition) is 12. The average Bonchev–Trinajstić information content (AvgIpc) is 3.95. The van der Waals surface area contributed by atoms with E-state index in [1.54, 1.807) is 26.8 Å². The van der Waals surface area contributed by atoms with E-state index >= 15 is 0 Å². The molecule has 4 amide bonds. The van der Waals surface area contributed by atoms with E-state index in [0.29, 0.717) is 29.6 Å². The second-order valence-electron chi connectivity index (χ2n) is 13.9. The van der Waals surface area contributed by atoms with Gasteiger partial charge in [-0.2, -0.15) is 0 Å². The number of hydrogen-bond donors (Lipinski definition) is 4. The Kier molecular flexibility index (Phi) is 9.82. The summed E-state index contributed by atoms with van der Waals surface area (Å²) in [6.07, 6.45) is 0.592. The molecule has 2 saturated carbocycles. The maximum atomic E-state index is 14.1. The van der Waals surface area contributed by atoms with Crippen molar-refractivity contribution in [3.05, 3.63) is 54.4 Å². The van der Waals surface area contributed by atoms with Crippen molar-refractivity contribution >= 4 is 56.2 Å². The molecule has 2 aliphatic carbocycles. The number of carbonyl (C=O) groups excluding carboxylic acids is 4. The van der Waals surface area contributed by atoms with E-state index < -0.39 is 80.9 Å². The van der Waals surface area contributed by atoms with Crippen molar-refractivity contribution in [3.63, 3.8) is 0 Å². The van der Waals surface area contributed by atoms with Crippen LogP contribution in [-0.2, 0) is 29.1 Å². The molecule has 0 bridgehead atoms. The number of sulfonamides is 1. The molecule has 1 saturated heterocycles. The number of aliphatic hydroxyl groups excluding tert-OH is 1. The van der Waals surface area contributed by atoms with E-state index in [1.165, 1.54) is 17.4 Å². The number of ether oxygens (including phenoxy) is 2. The zero-order valence-corrected chi connectivity index (χ0v) is 30.0. The molecular formula is C34H40N6O9S2. The summed E-state index contributed by atoms with van der Waals surface area (Å²) in [4.78, 5) is 65.5. The summed E-state index contributed by atoms with van der Waals surface area (Å²) < 4.78 is 39.1. The molecule has 0 radical (unpaired) electrons. The second-order valence-corrected chi connectivity index (χ2v) is 16.8. The molecule has 2 aromatic heterocycles. The van der Waals surface area contributed by atoms with E-state index in [1.807, 2.05) is 35.7 Å². The molecule has 1 aromatic carbocycles. The van der Waals surface area contributed by atoms with Crippen LogP contribution in [0.1, 0.15) is 46.5 Å². The molecule has 15 nitrogen and oxygen atoms in total. The third-order valence-corrected chi connectivity index (χ3v) is 11.5. The molecular weight excluding hydrogens is 701 g/mol. The molecule has 1 aliphatic heterocycles. The number of benzene rings is 1. The van der Waals surface area contributed by atoms with Gasteiger partial charge in [-0.3, -0.25) is 19.1 Å². The van der Waals surface area contributed by atoms with Gasteiger partial charge in [-0.05, 0) is 63.6 Å². The van der Waals surface area contributed by atoms with Crippen LogP contribution < -0.4 is 20.1 Å². The summed E-state index contributed by atoms with van der Waals surface area (Å²) in [5.41, 5.74) is -0.824. The zero-order valence-electron chi connectivity index (χ0n) is 28.3. The van der Waals surface area contributed by atoms with Crippen LogP contribution in [0.25, 0.3) is 21.6 Å². The number of aromatic nitrogens is 2. The number of nitrogens with zero attached hydrogens (tertiary/aromatic N) is 3. The average molecular weight is 741 g/mol. The fourth-order valence-corrected chi connectivity index (χ4v) is 8.10. The third-order valence-electron chi connectivity index (χ3n) is 8.84. The quantitative estimate of drug-likeness (QED) is 0.198. The number of para-hydroxylation sites is 2. The number of thiophene rings is 1. The number of carbonyl (C=O) groups is 4. The lowest BCUT2D eigenvalue weighted by Gasteiger charge is -2.29. The van der Waals surface area contributed by atoms with Crippen molar-refractivity contribution in [2.24, 2.45) is 5.92 Å². The maximum absolute atomic E-state index is 14.1. The van der Waals surface area contributed by atoms with Crippen LogP contribution in [-0.4, -0.2) is 99.9 Å². The summed E-state index contributed by atoms with van der Waals surface area (Å²) in [7, 11) is -3.92. The zero-order chi connectivity index (χ0) is 36.7. The molecule has 3 aromatic rings. The number of likely N-dealkylation sites (tertiary alicyclic amines) is 1. The van der Waals surface area contributed by atoms with Crippen molar-refractivity contribution in [1.29, 1.82) is 0 Å². The fourth-order valence-electron chi connectivity index (χ4n) is 6.03. The Balaban J connectivity index is 1.29. The van der Waals surface area contributed by atoms with Crippen molar-refractivity contribution < 1.29 is 42.2 Å². The van der Waals surface area contributed by atoms with E-state index in [9.17, 15) is 32.7 Å². The van der Waals surface area contributed by atoms with Crippen LogP contribution in [0, 0.1) is 5.92 Å². The molecule has 3 aliphatic rings. The first-order valence-electron chi connectivity index (χ1n) is 16.5. The van der Waals surface area contributed by atoms with E-state index in [4.69, 9.17) is 19.4 Å². The lowest BCUT2D eigenvalue weighted by atomic mass is 10.1. The van der Waals surface area contributed by atoms with Crippen molar-refractivity contribution in [1.82, 2.24) is 30.2 Å². The Morgan fingerprint density at radius 2 is 1.84 bits per heavy atom. The predicted octanol–water partition coefficient (Wildman–Crippen LogP) is 2.26. The van der Waals surface area contributed by atoms with Gasteiger partial charge in [-0.1, -0.05) is 24.3 Å². The Morgan fingerprint density at radius 3 is 2.43 bits per heavy atom. The first-order chi connectivity index (χ1) is 24.1. The number of aliphatic hydroxyl groups is 1. The predicted molar refractivity (Wildman–Crippen MR) is 187 cm³/mol. The standard InChI is InChI=1S/C34H40N6O9S2/c1-5-19-16-34(19,31(44)39-51(46,47)21-12-13-21)38-28(42)25-15-20(17-40(25)30(43)24(18-41)37-32(45)49-33(2,3)4)48-29-27(26-11-8-14-50-26)35-22-9-6-7-10-23(22)36-29/h5-11,14,19-21,24-25,41H,1,12-13,15-18H2,2-4H3,(H,37,45)(H,38,42)(H,39,44)/t19-,20-,24+,25+,34-/m1/s1. The van der Waals surface area contributed by atoms with Gasteiger partial charge in [-0.15, -0.1) is 17.9 Å². The van der Waals surface area contributed by atoms with Gasteiger partial charge in [0.2, 0.25) is 27.7 Å². The van der Waals surface area contributed by atoms with Crippen LogP contribution in [0.5, 0.6) is 5.88 Å². The Bertz CT molecular complexity index is 1960. The molecule has 3 heterocycles. The summed E-state index contributed by atoms with van der Waals surface area (Å²) >= 11 is 1.43. The molecule has 51 heavy (non-hydrogen) atoms. The highest BCUT2D eigenvalue weighted by molar-refractivity contribution is 7.91. The van der Waals surface area contributed by atoms with Crippen molar-refractivity contribution in [2.75, 3.05) is 13.2 Å². The molecule has 6 rings (SSSR count). The number of fused-ring (bicyclic) bond motifs is 1. The Hall–Kier alpha value is -4.61. The smallest absolute Gasteiger partial charge is 0.408 e. The molecule has 5 atom stereocenters. The van der Waals surface area contributed by atoms with Gasteiger partial charge in [0.1, 0.15) is 35.0 Å². The normalized spacial score (nSPS) is 23.6. The molecule has 0 unspecified atom stereocenters. The minimum atomic E-state index is -3.92. The second kappa shape index (κ2) is 13.8. The highest BCUT2D eigenvalue weighted by Gasteiger charge is 2.62. The minimum absolute atomic E-state index is 0.0720.